The van der Waals surface area contributed by atoms with Crippen LogP contribution in [0.1, 0.15) is 26.3 Å². The molecule has 0 aliphatic rings. The molecule has 3 amide bonds. The highest BCUT2D eigenvalue weighted by molar-refractivity contribution is 6.14. The lowest BCUT2D eigenvalue weighted by Crippen LogP contribution is -2.33. The summed E-state index contributed by atoms with van der Waals surface area (Å²) in [5.74, 6) is -4.24. The first-order chi connectivity index (χ1) is 15.8. The monoisotopic (exact) mass is 449 g/mol. The molecule has 1 aromatic heterocycles. The molecule has 1 heterocycles. The van der Waals surface area contributed by atoms with Crippen LogP contribution in [0.2, 0.25) is 0 Å². The first-order valence-corrected chi connectivity index (χ1v) is 9.77. The van der Waals surface area contributed by atoms with E-state index in [0.717, 1.165) is 22.3 Å². The van der Waals surface area contributed by atoms with Gasteiger partial charge in [-0.2, -0.15) is 0 Å². The molecule has 0 unspecified atom stereocenters. The molecule has 4 rings (SSSR count). The van der Waals surface area contributed by atoms with Crippen LogP contribution in [-0.2, 0) is 0 Å². The van der Waals surface area contributed by atoms with Crippen LogP contribution in [0.3, 0.4) is 0 Å². The number of anilines is 1. The number of aromatic hydroxyl groups is 1. The van der Waals surface area contributed by atoms with Gasteiger partial charge in [-0.3, -0.25) is 14.9 Å². The van der Waals surface area contributed by atoms with Crippen molar-refractivity contribution in [1.82, 2.24) is 9.88 Å². The predicted molar refractivity (Wildman–Crippen MR) is 117 cm³/mol. The van der Waals surface area contributed by atoms with E-state index in [1.54, 1.807) is 37.3 Å². The normalized spacial score (nSPS) is 10.8. The standard InChI is InChI=1S/C24H17F2N3O4/c1-13-7-10-19-17(11-13)20(27-22(31)16-9-8-15(25)12-18(16)26)23(32)29(19)24(33)28-21(30)14-5-3-2-4-6-14/h2-12,32H,1H3,(H,27,31)(H,28,30,33). The number of nitrogens with zero attached hydrogens (tertiary/aromatic N) is 1. The minimum atomic E-state index is -1.09. The molecule has 0 atom stereocenters. The summed E-state index contributed by atoms with van der Waals surface area (Å²) in [6.45, 7) is 1.76. The van der Waals surface area contributed by atoms with Gasteiger partial charge in [0.25, 0.3) is 11.8 Å². The molecule has 33 heavy (non-hydrogen) atoms. The van der Waals surface area contributed by atoms with E-state index in [-0.39, 0.29) is 22.2 Å². The van der Waals surface area contributed by atoms with E-state index in [1.165, 1.54) is 18.2 Å². The summed E-state index contributed by atoms with van der Waals surface area (Å²) in [6.07, 6.45) is 0. The maximum absolute atomic E-state index is 14.1. The Bertz CT molecular complexity index is 1410. The smallest absolute Gasteiger partial charge is 0.335 e. The van der Waals surface area contributed by atoms with E-state index in [1.807, 2.05) is 0 Å². The van der Waals surface area contributed by atoms with Crippen LogP contribution in [0, 0.1) is 18.6 Å². The molecule has 3 aromatic carbocycles. The van der Waals surface area contributed by atoms with Crippen LogP contribution >= 0.6 is 0 Å². The molecular weight excluding hydrogens is 432 g/mol. The van der Waals surface area contributed by atoms with E-state index in [9.17, 15) is 28.3 Å². The molecule has 0 bridgehead atoms. The minimum absolute atomic E-state index is 0.162. The average molecular weight is 449 g/mol. The number of rotatable bonds is 3. The van der Waals surface area contributed by atoms with Crippen LogP contribution in [0.4, 0.5) is 19.3 Å². The van der Waals surface area contributed by atoms with Crippen molar-refractivity contribution in [1.29, 1.82) is 0 Å². The van der Waals surface area contributed by atoms with E-state index < -0.39 is 40.9 Å². The van der Waals surface area contributed by atoms with Crippen LogP contribution in [-0.4, -0.2) is 27.5 Å². The number of amides is 3. The van der Waals surface area contributed by atoms with Gasteiger partial charge < -0.3 is 10.4 Å². The molecule has 0 saturated heterocycles. The van der Waals surface area contributed by atoms with E-state index in [0.29, 0.717) is 6.07 Å². The lowest BCUT2D eigenvalue weighted by molar-refractivity contribution is 0.0962. The molecule has 0 spiro atoms. The zero-order chi connectivity index (χ0) is 23.7. The number of nitrogens with one attached hydrogen (secondary N) is 2. The molecular formula is C24H17F2N3O4. The SMILES string of the molecule is Cc1ccc2c(c1)c(NC(=O)c1ccc(F)cc1F)c(O)n2C(=O)NC(=O)c1ccccc1. The number of aromatic nitrogens is 1. The minimum Gasteiger partial charge on any atom is -0.493 e. The van der Waals surface area contributed by atoms with Crippen molar-refractivity contribution in [3.63, 3.8) is 0 Å². The zero-order valence-corrected chi connectivity index (χ0v) is 17.2. The Morgan fingerprint density at radius 3 is 2.33 bits per heavy atom. The quantitative estimate of drug-likeness (QED) is 0.426. The van der Waals surface area contributed by atoms with Gasteiger partial charge in [0.15, 0.2) is 0 Å². The second kappa shape index (κ2) is 8.54. The number of aryl methyl sites for hydroxylation is 1. The van der Waals surface area contributed by atoms with Crippen molar-refractivity contribution in [2.75, 3.05) is 5.32 Å². The third-order valence-electron chi connectivity index (χ3n) is 4.97. The van der Waals surface area contributed by atoms with Gasteiger partial charge in [0.05, 0.1) is 11.1 Å². The lowest BCUT2D eigenvalue weighted by atomic mass is 10.1. The van der Waals surface area contributed by atoms with Gasteiger partial charge in [-0.1, -0.05) is 29.8 Å². The van der Waals surface area contributed by atoms with Gasteiger partial charge >= 0.3 is 6.03 Å². The fourth-order valence-corrected chi connectivity index (χ4v) is 3.39. The third-order valence-corrected chi connectivity index (χ3v) is 4.97. The molecule has 0 saturated carbocycles. The maximum atomic E-state index is 14.1. The fourth-order valence-electron chi connectivity index (χ4n) is 3.39. The summed E-state index contributed by atoms with van der Waals surface area (Å²) in [5, 5.41) is 15.6. The Balaban J connectivity index is 1.73. The summed E-state index contributed by atoms with van der Waals surface area (Å²) >= 11 is 0. The molecule has 166 valence electrons. The number of fused-ring (bicyclic) bond motifs is 1. The Hall–Kier alpha value is -4.53. The van der Waals surface area contributed by atoms with E-state index >= 15 is 0 Å². The van der Waals surface area contributed by atoms with Gasteiger partial charge in [-0.25, -0.2) is 18.1 Å². The topological polar surface area (TPSA) is 100 Å². The molecule has 0 fully saturated rings. The van der Waals surface area contributed by atoms with Crippen molar-refractivity contribution < 1.29 is 28.3 Å². The number of hydrogen-bond donors (Lipinski definition) is 3. The van der Waals surface area contributed by atoms with Crippen molar-refractivity contribution >= 4 is 34.4 Å². The summed E-state index contributed by atoms with van der Waals surface area (Å²) in [4.78, 5) is 37.9. The molecule has 7 nitrogen and oxygen atoms in total. The zero-order valence-electron chi connectivity index (χ0n) is 17.2. The Morgan fingerprint density at radius 1 is 0.909 bits per heavy atom. The third kappa shape index (κ3) is 4.16. The second-order valence-corrected chi connectivity index (χ2v) is 7.26. The largest absolute Gasteiger partial charge is 0.493 e. The second-order valence-electron chi connectivity index (χ2n) is 7.26. The lowest BCUT2D eigenvalue weighted by Gasteiger charge is -2.08. The van der Waals surface area contributed by atoms with Gasteiger partial charge in [0.2, 0.25) is 5.88 Å². The number of carbonyl (C=O) groups is 3. The summed E-state index contributed by atoms with van der Waals surface area (Å²) in [7, 11) is 0. The van der Waals surface area contributed by atoms with Gasteiger partial charge in [-0.15, -0.1) is 0 Å². The molecule has 0 aliphatic heterocycles. The van der Waals surface area contributed by atoms with Gasteiger partial charge in [0.1, 0.15) is 17.3 Å². The van der Waals surface area contributed by atoms with Crippen molar-refractivity contribution in [2.45, 2.75) is 6.92 Å². The summed E-state index contributed by atoms with van der Waals surface area (Å²) in [5.41, 5.74) is 0.575. The predicted octanol–water partition coefficient (Wildman–Crippen LogP) is 4.58. The van der Waals surface area contributed by atoms with Crippen LogP contribution in [0.25, 0.3) is 10.9 Å². The number of imide groups is 1. The molecule has 4 aromatic rings. The van der Waals surface area contributed by atoms with Crippen molar-refractivity contribution in [2.24, 2.45) is 0 Å². The molecule has 0 aliphatic carbocycles. The Labute approximate surface area is 186 Å². The number of benzene rings is 3. The van der Waals surface area contributed by atoms with Crippen molar-refractivity contribution in [3.8, 4) is 5.88 Å². The summed E-state index contributed by atoms with van der Waals surface area (Å²) < 4.78 is 28.1. The van der Waals surface area contributed by atoms with Gasteiger partial charge in [-0.05, 0) is 43.3 Å². The number of halogens is 2. The molecule has 9 heteroatoms. The molecule has 0 radical (unpaired) electrons. The van der Waals surface area contributed by atoms with E-state index in [4.69, 9.17) is 0 Å². The highest BCUT2D eigenvalue weighted by atomic mass is 19.1. The Morgan fingerprint density at radius 2 is 1.64 bits per heavy atom. The van der Waals surface area contributed by atoms with E-state index in [2.05, 4.69) is 10.6 Å². The number of carbonyl (C=O) groups excluding carboxylic acids is 3. The van der Waals surface area contributed by atoms with Gasteiger partial charge in [0, 0.05) is 17.0 Å². The maximum Gasteiger partial charge on any atom is 0.335 e. The Kier molecular flexibility index (Phi) is 5.61. The van der Waals surface area contributed by atoms with Crippen molar-refractivity contribution in [3.05, 3.63) is 95.1 Å². The highest BCUT2D eigenvalue weighted by Gasteiger charge is 2.25. The summed E-state index contributed by atoms with van der Waals surface area (Å²) in [6, 6.07) is 14.3. The first kappa shape index (κ1) is 21.7. The number of hydrogen-bond acceptors (Lipinski definition) is 4. The van der Waals surface area contributed by atoms with Crippen LogP contribution in [0.15, 0.2) is 66.7 Å². The van der Waals surface area contributed by atoms with Crippen LogP contribution < -0.4 is 10.6 Å². The average Bonchev–Trinajstić information content (AvgIpc) is 3.05. The van der Waals surface area contributed by atoms with Crippen LogP contribution in [0.5, 0.6) is 5.88 Å². The fraction of sp³-hybridized carbons (Fsp3) is 0.0417. The first-order valence-electron chi connectivity index (χ1n) is 9.77. The highest BCUT2D eigenvalue weighted by Crippen LogP contribution is 2.37. The molecule has 3 N–H and O–H groups in total.